The van der Waals surface area contributed by atoms with E-state index >= 15 is 0 Å². The molecule has 21 heavy (non-hydrogen) atoms. The smallest absolute Gasteiger partial charge is 0.248 e. The minimum absolute atomic E-state index is 0.0176. The summed E-state index contributed by atoms with van der Waals surface area (Å²) in [5.41, 5.74) is 6.02. The summed E-state index contributed by atoms with van der Waals surface area (Å²) in [6.45, 7) is -0.0176. The number of nitrogens with two attached hydrogens (primary N) is 2. The van der Waals surface area contributed by atoms with Crippen LogP contribution >= 0.6 is 11.8 Å². The maximum absolute atomic E-state index is 11.4. The molecular formula is C12H12ClN3O4S. The van der Waals surface area contributed by atoms with Gasteiger partial charge in [-0.25, -0.2) is 13.6 Å². The lowest BCUT2D eigenvalue weighted by Crippen LogP contribution is -2.17. The molecule has 0 fully saturated rings. The molecule has 0 bridgehead atoms. The van der Waals surface area contributed by atoms with Crippen molar-refractivity contribution in [2.24, 2.45) is 10.9 Å². The number of hydrogen-bond donors (Lipinski definition) is 2. The second-order valence-electron chi connectivity index (χ2n) is 4.18. The number of primary sulfonamides is 1. The number of hydrogen-bond acceptors (Lipinski definition) is 5. The number of carbonyl (C=O) groups is 1. The average molecular weight is 330 g/mol. The summed E-state index contributed by atoms with van der Waals surface area (Å²) in [4.78, 5) is 10.9. The van der Waals surface area contributed by atoms with Gasteiger partial charge in [0.1, 0.15) is 10.7 Å². The Morgan fingerprint density at radius 2 is 1.86 bits per heavy atom. The molecule has 1 aromatic carbocycles. The molecule has 9 heteroatoms. The number of benzene rings is 1. The Labute approximate surface area is 126 Å². The highest BCUT2D eigenvalue weighted by Gasteiger charge is 2.19. The fraction of sp³-hybridized carbons (Fsp3) is 0.0833. The Kier molecular flexibility index (Phi) is 4.21. The third-order valence-electron chi connectivity index (χ3n) is 2.73. The topological polar surface area (TPSA) is 120 Å². The van der Waals surface area contributed by atoms with Crippen molar-refractivity contribution >= 4 is 33.4 Å². The van der Waals surface area contributed by atoms with Gasteiger partial charge in [0.15, 0.2) is 0 Å². The molecule has 0 saturated heterocycles. The van der Waals surface area contributed by atoms with E-state index in [9.17, 15) is 13.2 Å². The Bertz CT molecular complexity index is 755. The Morgan fingerprint density at radius 1 is 1.24 bits per heavy atom. The summed E-state index contributed by atoms with van der Waals surface area (Å²) in [7, 11) is -3.88. The Balaban J connectivity index is 2.20. The minimum atomic E-state index is -3.88. The van der Waals surface area contributed by atoms with Crippen molar-refractivity contribution in [3.8, 4) is 0 Å². The van der Waals surface area contributed by atoms with Crippen molar-refractivity contribution in [3.63, 3.8) is 0 Å². The molecule has 0 aliphatic rings. The summed E-state index contributed by atoms with van der Waals surface area (Å²) in [5.74, 6) is -0.434. The van der Waals surface area contributed by atoms with Gasteiger partial charge in [-0.1, -0.05) is 0 Å². The molecule has 2 rings (SSSR count). The minimum Gasteiger partial charge on any atom is -0.466 e. The van der Waals surface area contributed by atoms with Crippen LogP contribution in [0.3, 0.4) is 0 Å². The fourth-order valence-electron chi connectivity index (χ4n) is 1.70. The quantitative estimate of drug-likeness (QED) is 0.798. The summed E-state index contributed by atoms with van der Waals surface area (Å²) in [6.07, 6.45) is 1.22. The number of carbonyl (C=O) groups excluding carboxylic acids is 1. The zero-order chi connectivity index (χ0) is 15.6. The van der Waals surface area contributed by atoms with E-state index in [0.717, 1.165) is 0 Å². The summed E-state index contributed by atoms with van der Waals surface area (Å²) in [5, 5.41) is 5.07. The van der Waals surface area contributed by atoms with Gasteiger partial charge in [0.25, 0.3) is 0 Å². The monoisotopic (exact) mass is 329 g/mol. The van der Waals surface area contributed by atoms with Crippen molar-refractivity contribution in [3.05, 3.63) is 47.9 Å². The van der Waals surface area contributed by atoms with Crippen LogP contribution in [0.25, 0.3) is 0 Å². The van der Waals surface area contributed by atoms with Crippen molar-refractivity contribution in [2.75, 3.05) is 4.42 Å². The van der Waals surface area contributed by atoms with E-state index in [1.54, 1.807) is 12.1 Å². The van der Waals surface area contributed by atoms with Gasteiger partial charge in [0, 0.05) is 17.3 Å². The van der Waals surface area contributed by atoms with Crippen LogP contribution in [0, 0.1) is 0 Å². The van der Waals surface area contributed by atoms with Gasteiger partial charge in [-0.05, 0) is 30.3 Å². The highest BCUT2D eigenvalue weighted by Crippen LogP contribution is 2.23. The van der Waals surface area contributed by atoms with Crippen molar-refractivity contribution in [1.82, 2.24) is 0 Å². The maximum Gasteiger partial charge on any atom is 0.248 e. The molecule has 4 N–H and O–H groups in total. The number of anilines is 1. The van der Waals surface area contributed by atoms with Crippen LogP contribution in [-0.4, -0.2) is 14.3 Å². The van der Waals surface area contributed by atoms with Gasteiger partial charge < -0.3 is 10.2 Å². The van der Waals surface area contributed by atoms with Crippen molar-refractivity contribution in [1.29, 1.82) is 0 Å². The van der Waals surface area contributed by atoms with Gasteiger partial charge >= 0.3 is 0 Å². The van der Waals surface area contributed by atoms with E-state index in [0.29, 0.717) is 11.3 Å². The number of nitrogens with zero attached hydrogens (tertiary/aromatic N) is 1. The van der Waals surface area contributed by atoms with Crippen LogP contribution in [0.1, 0.15) is 16.1 Å². The van der Waals surface area contributed by atoms with E-state index in [1.165, 1.54) is 28.9 Å². The molecule has 7 nitrogen and oxygen atoms in total. The van der Waals surface area contributed by atoms with Gasteiger partial charge in [-0.15, -0.1) is 0 Å². The molecule has 0 aliphatic heterocycles. The van der Waals surface area contributed by atoms with Crippen LogP contribution < -0.4 is 15.3 Å². The van der Waals surface area contributed by atoms with Crippen LogP contribution in [0.5, 0.6) is 0 Å². The first-order chi connectivity index (χ1) is 9.79. The van der Waals surface area contributed by atoms with E-state index in [1.807, 2.05) is 0 Å². The summed E-state index contributed by atoms with van der Waals surface area (Å²) in [6, 6.07) is 7.43. The second-order valence-corrected chi connectivity index (χ2v) is 6.12. The van der Waals surface area contributed by atoms with E-state index in [-0.39, 0.29) is 17.2 Å². The normalized spacial score (nSPS) is 11.3. The first kappa shape index (κ1) is 15.4. The van der Waals surface area contributed by atoms with E-state index in [4.69, 9.17) is 27.1 Å². The molecule has 112 valence electrons. The van der Waals surface area contributed by atoms with Gasteiger partial charge in [-0.3, -0.25) is 9.21 Å². The molecule has 0 saturated carbocycles. The lowest BCUT2D eigenvalue weighted by atomic mass is 10.2. The number of furan rings is 1. The zero-order valence-electron chi connectivity index (χ0n) is 10.7. The first-order valence-corrected chi connectivity index (χ1v) is 7.60. The molecule has 1 heterocycles. The van der Waals surface area contributed by atoms with Crippen molar-refractivity contribution < 1.29 is 17.6 Å². The fourth-order valence-corrected chi connectivity index (χ4v) is 2.60. The predicted octanol–water partition coefficient (Wildman–Crippen LogP) is 1.19. The molecule has 0 aliphatic carbocycles. The lowest BCUT2D eigenvalue weighted by Gasteiger charge is -2.15. The maximum atomic E-state index is 11.4. The third kappa shape index (κ3) is 3.54. The number of halogens is 1. The molecule has 1 amide bonds. The van der Waals surface area contributed by atoms with E-state index in [2.05, 4.69) is 0 Å². The number of rotatable bonds is 5. The SMILES string of the molecule is NC(=O)c1ccc(N(Cl)Cc2occc2S(N)(=O)=O)cc1. The summed E-state index contributed by atoms with van der Waals surface area (Å²) >= 11 is 6.07. The van der Waals surface area contributed by atoms with Crippen LogP contribution in [0.2, 0.25) is 0 Å². The van der Waals surface area contributed by atoms with Gasteiger partial charge in [0.05, 0.1) is 18.5 Å². The third-order valence-corrected chi connectivity index (χ3v) is 4.02. The average Bonchev–Trinajstić information content (AvgIpc) is 2.87. The molecule has 2 aromatic rings. The van der Waals surface area contributed by atoms with Crippen molar-refractivity contribution in [2.45, 2.75) is 11.4 Å². The van der Waals surface area contributed by atoms with Gasteiger partial charge in [0.2, 0.25) is 15.9 Å². The molecular weight excluding hydrogens is 318 g/mol. The molecule has 0 radical (unpaired) electrons. The molecule has 0 spiro atoms. The number of sulfonamides is 1. The van der Waals surface area contributed by atoms with Gasteiger partial charge in [-0.2, -0.15) is 0 Å². The molecule has 1 aromatic heterocycles. The zero-order valence-corrected chi connectivity index (χ0v) is 12.3. The summed E-state index contributed by atoms with van der Waals surface area (Å²) < 4.78 is 29.0. The second kappa shape index (κ2) is 5.76. The predicted molar refractivity (Wildman–Crippen MR) is 77.1 cm³/mol. The standard InChI is InChI=1S/C12H12ClN3O4S/c13-16(9-3-1-8(2-4-9)12(14)17)7-10-11(5-6-20-10)21(15,18)19/h1-6H,7H2,(H2,14,17)(H2,15,18,19). The Morgan fingerprint density at radius 3 is 2.38 bits per heavy atom. The van der Waals surface area contributed by atoms with E-state index < -0.39 is 15.9 Å². The molecule has 0 unspecified atom stereocenters. The first-order valence-electron chi connectivity index (χ1n) is 5.71. The highest BCUT2D eigenvalue weighted by molar-refractivity contribution is 7.89. The van der Waals surface area contributed by atoms with Crippen LogP contribution in [-0.2, 0) is 16.6 Å². The molecule has 0 atom stereocenters. The Hall–Kier alpha value is -2.03. The van der Waals surface area contributed by atoms with Crippen LogP contribution in [0.15, 0.2) is 45.9 Å². The highest BCUT2D eigenvalue weighted by atomic mass is 35.5. The lowest BCUT2D eigenvalue weighted by molar-refractivity contribution is 0.100. The largest absolute Gasteiger partial charge is 0.466 e. The number of amides is 1. The van der Waals surface area contributed by atoms with Crippen LogP contribution in [0.4, 0.5) is 5.69 Å². The number of primary amides is 1.